The third-order valence-corrected chi connectivity index (χ3v) is 3.49. The summed E-state index contributed by atoms with van der Waals surface area (Å²) in [4.78, 5) is 17.4. The molecule has 0 unspecified atom stereocenters. The zero-order valence-electron chi connectivity index (χ0n) is 11.3. The number of nitrogens with one attached hydrogen (secondary N) is 1. The molecular formula is C14H21N3O2. The summed E-state index contributed by atoms with van der Waals surface area (Å²) in [6, 6.07) is 3.77. The SMILES string of the molecule is CCCN1CCC(Nc2ccc(C(=O)O)cn2)CC1. The van der Waals surface area contributed by atoms with Crippen molar-refractivity contribution >= 4 is 11.8 Å². The predicted molar refractivity (Wildman–Crippen MR) is 74.6 cm³/mol. The van der Waals surface area contributed by atoms with E-state index in [9.17, 15) is 4.79 Å². The van der Waals surface area contributed by atoms with Crippen LogP contribution in [-0.4, -0.2) is 46.6 Å². The first-order chi connectivity index (χ1) is 9.19. The van der Waals surface area contributed by atoms with Gasteiger partial charge in [-0.05, 0) is 37.9 Å². The number of piperidine rings is 1. The number of hydrogen-bond acceptors (Lipinski definition) is 4. The second kappa shape index (κ2) is 6.52. The van der Waals surface area contributed by atoms with E-state index in [1.165, 1.54) is 19.2 Å². The van der Waals surface area contributed by atoms with Gasteiger partial charge < -0.3 is 15.3 Å². The molecule has 0 amide bonds. The molecule has 104 valence electrons. The number of carboxylic acid groups (broad SMARTS) is 1. The van der Waals surface area contributed by atoms with Crippen LogP contribution in [0, 0.1) is 0 Å². The van der Waals surface area contributed by atoms with Gasteiger partial charge in [0.05, 0.1) is 5.56 Å². The minimum absolute atomic E-state index is 0.225. The molecule has 19 heavy (non-hydrogen) atoms. The molecule has 0 atom stereocenters. The molecule has 1 aromatic heterocycles. The topological polar surface area (TPSA) is 65.5 Å². The summed E-state index contributed by atoms with van der Waals surface area (Å²) < 4.78 is 0. The van der Waals surface area contributed by atoms with Crippen LogP contribution in [0.2, 0.25) is 0 Å². The Bertz CT molecular complexity index is 411. The van der Waals surface area contributed by atoms with E-state index in [2.05, 4.69) is 22.1 Å². The number of rotatable bonds is 5. The van der Waals surface area contributed by atoms with Gasteiger partial charge in [-0.15, -0.1) is 0 Å². The van der Waals surface area contributed by atoms with Gasteiger partial charge in [-0.1, -0.05) is 6.92 Å². The molecule has 1 saturated heterocycles. The van der Waals surface area contributed by atoms with E-state index in [1.54, 1.807) is 12.1 Å². The van der Waals surface area contributed by atoms with E-state index in [0.717, 1.165) is 31.7 Å². The van der Waals surface area contributed by atoms with Crippen LogP contribution < -0.4 is 5.32 Å². The maximum absolute atomic E-state index is 10.7. The number of carbonyl (C=O) groups is 1. The standard InChI is InChI=1S/C14H21N3O2/c1-2-7-17-8-5-12(6-9-17)16-13-4-3-11(10-15-13)14(18)19/h3-4,10,12H,2,5-9H2,1H3,(H,15,16)(H,18,19). The molecule has 2 heterocycles. The van der Waals surface area contributed by atoms with Gasteiger partial charge in [0.1, 0.15) is 5.82 Å². The predicted octanol–water partition coefficient (Wildman–Crippen LogP) is 2.07. The van der Waals surface area contributed by atoms with Gasteiger partial charge in [0, 0.05) is 25.3 Å². The number of pyridine rings is 1. The van der Waals surface area contributed by atoms with Gasteiger partial charge in [0.15, 0.2) is 0 Å². The number of nitrogens with zero attached hydrogens (tertiary/aromatic N) is 2. The smallest absolute Gasteiger partial charge is 0.337 e. The Morgan fingerprint density at radius 3 is 2.74 bits per heavy atom. The van der Waals surface area contributed by atoms with E-state index in [4.69, 9.17) is 5.11 Å². The first-order valence-electron chi connectivity index (χ1n) is 6.87. The first-order valence-corrected chi connectivity index (χ1v) is 6.87. The summed E-state index contributed by atoms with van der Waals surface area (Å²) in [7, 11) is 0. The van der Waals surface area contributed by atoms with E-state index in [-0.39, 0.29) is 5.56 Å². The Morgan fingerprint density at radius 1 is 1.47 bits per heavy atom. The Kier molecular flexibility index (Phi) is 4.74. The monoisotopic (exact) mass is 263 g/mol. The maximum atomic E-state index is 10.7. The molecule has 1 fully saturated rings. The number of likely N-dealkylation sites (tertiary alicyclic amines) is 1. The third kappa shape index (κ3) is 3.92. The molecule has 0 radical (unpaired) electrons. The normalized spacial score (nSPS) is 17.3. The van der Waals surface area contributed by atoms with E-state index >= 15 is 0 Å². The Morgan fingerprint density at radius 2 is 2.21 bits per heavy atom. The van der Waals surface area contributed by atoms with Gasteiger partial charge in [-0.2, -0.15) is 0 Å². The van der Waals surface area contributed by atoms with Crippen molar-refractivity contribution in [2.45, 2.75) is 32.2 Å². The molecule has 0 aliphatic carbocycles. The molecule has 1 aliphatic rings. The zero-order chi connectivity index (χ0) is 13.7. The van der Waals surface area contributed by atoms with Crippen LogP contribution in [0.15, 0.2) is 18.3 Å². The third-order valence-electron chi connectivity index (χ3n) is 3.49. The van der Waals surface area contributed by atoms with Crippen molar-refractivity contribution in [1.29, 1.82) is 0 Å². The van der Waals surface area contributed by atoms with Crippen molar-refractivity contribution in [2.24, 2.45) is 0 Å². The lowest BCUT2D eigenvalue weighted by Crippen LogP contribution is -2.39. The van der Waals surface area contributed by atoms with Crippen molar-refractivity contribution in [3.63, 3.8) is 0 Å². The van der Waals surface area contributed by atoms with Gasteiger partial charge in [-0.3, -0.25) is 0 Å². The number of anilines is 1. The minimum Gasteiger partial charge on any atom is -0.478 e. The number of aromatic nitrogens is 1. The summed E-state index contributed by atoms with van der Waals surface area (Å²) in [5, 5.41) is 12.2. The van der Waals surface area contributed by atoms with E-state index in [0.29, 0.717) is 6.04 Å². The van der Waals surface area contributed by atoms with Crippen molar-refractivity contribution in [3.8, 4) is 0 Å². The Hall–Kier alpha value is -1.62. The van der Waals surface area contributed by atoms with Gasteiger partial charge >= 0.3 is 5.97 Å². The molecule has 0 aromatic carbocycles. The molecule has 0 spiro atoms. The molecule has 2 N–H and O–H groups in total. The van der Waals surface area contributed by atoms with Crippen molar-refractivity contribution in [3.05, 3.63) is 23.9 Å². The van der Waals surface area contributed by atoms with Gasteiger partial charge in [-0.25, -0.2) is 9.78 Å². The number of aromatic carboxylic acids is 1. The average molecular weight is 263 g/mol. The van der Waals surface area contributed by atoms with Crippen LogP contribution in [0.25, 0.3) is 0 Å². The van der Waals surface area contributed by atoms with Crippen molar-refractivity contribution < 1.29 is 9.90 Å². The highest BCUT2D eigenvalue weighted by Gasteiger charge is 2.18. The van der Waals surface area contributed by atoms with E-state index in [1.807, 2.05) is 0 Å². The summed E-state index contributed by atoms with van der Waals surface area (Å²) in [5.74, 6) is -0.175. The molecule has 5 nitrogen and oxygen atoms in total. The highest BCUT2D eigenvalue weighted by Crippen LogP contribution is 2.15. The van der Waals surface area contributed by atoms with Crippen LogP contribution in [0.5, 0.6) is 0 Å². The largest absolute Gasteiger partial charge is 0.478 e. The lowest BCUT2D eigenvalue weighted by atomic mass is 10.0. The molecule has 1 aliphatic heterocycles. The summed E-state index contributed by atoms with van der Waals surface area (Å²) >= 11 is 0. The number of hydrogen-bond donors (Lipinski definition) is 2. The zero-order valence-corrected chi connectivity index (χ0v) is 11.3. The molecular weight excluding hydrogens is 242 g/mol. The highest BCUT2D eigenvalue weighted by atomic mass is 16.4. The molecule has 2 rings (SSSR count). The fourth-order valence-electron chi connectivity index (χ4n) is 2.43. The van der Waals surface area contributed by atoms with Crippen LogP contribution in [0.3, 0.4) is 0 Å². The molecule has 5 heteroatoms. The highest BCUT2D eigenvalue weighted by molar-refractivity contribution is 5.87. The lowest BCUT2D eigenvalue weighted by molar-refractivity contribution is 0.0696. The second-order valence-corrected chi connectivity index (χ2v) is 5.00. The van der Waals surface area contributed by atoms with E-state index < -0.39 is 5.97 Å². The molecule has 0 bridgehead atoms. The van der Waals surface area contributed by atoms with Gasteiger partial charge in [0.2, 0.25) is 0 Å². The number of carboxylic acids is 1. The maximum Gasteiger partial charge on any atom is 0.337 e. The van der Waals surface area contributed by atoms with Gasteiger partial charge in [0.25, 0.3) is 0 Å². The summed E-state index contributed by atoms with van der Waals surface area (Å²) in [6.45, 7) is 5.63. The van der Waals surface area contributed by atoms with Crippen LogP contribution in [-0.2, 0) is 0 Å². The van der Waals surface area contributed by atoms with Crippen LogP contribution >= 0.6 is 0 Å². The fourth-order valence-corrected chi connectivity index (χ4v) is 2.43. The van der Waals surface area contributed by atoms with Crippen molar-refractivity contribution in [2.75, 3.05) is 25.0 Å². The van der Waals surface area contributed by atoms with Crippen LogP contribution in [0.1, 0.15) is 36.5 Å². The average Bonchev–Trinajstić information content (AvgIpc) is 2.42. The summed E-state index contributed by atoms with van der Waals surface area (Å²) in [5.41, 5.74) is 0.225. The Balaban J connectivity index is 1.83. The molecule has 0 saturated carbocycles. The van der Waals surface area contributed by atoms with Crippen LogP contribution in [0.4, 0.5) is 5.82 Å². The first kappa shape index (κ1) is 13.8. The summed E-state index contributed by atoms with van der Waals surface area (Å²) in [6.07, 6.45) is 4.83. The fraction of sp³-hybridized carbons (Fsp3) is 0.571. The molecule has 1 aromatic rings. The second-order valence-electron chi connectivity index (χ2n) is 5.00. The van der Waals surface area contributed by atoms with Crippen molar-refractivity contribution in [1.82, 2.24) is 9.88 Å². The quantitative estimate of drug-likeness (QED) is 0.851. The lowest BCUT2D eigenvalue weighted by Gasteiger charge is -2.32. The Labute approximate surface area is 113 Å². The minimum atomic E-state index is -0.938.